The monoisotopic (exact) mass is 214 g/mol. The summed E-state index contributed by atoms with van der Waals surface area (Å²) >= 11 is 0. The third-order valence-corrected chi connectivity index (χ3v) is 2.31. The lowest BCUT2D eigenvalue weighted by molar-refractivity contribution is -0.139. The quantitative estimate of drug-likeness (QED) is 0.585. The van der Waals surface area contributed by atoms with Crippen LogP contribution in [-0.2, 0) is 14.4 Å². The van der Waals surface area contributed by atoms with Gasteiger partial charge in [0, 0.05) is 25.9 Å². The number of amides is 2. The van der Waals surface area contributed by atoms with Gasteiger partial charge in [0.2, 0.25) is 11.8 Å². The Labute approximate surface area is 87.2 Å². The van der Waals surface area contributed by atoms with Crippen LogP contribution in [0.15, 0.2) is 0 Å². The zero-order valence-electron chi connectivity index (χ0n) is 8.52. The summed E-state index contributed by atoms with van der Waals surface area (Å²) in [7, 11) is 0. The van der Waals surface area contributed by atoms with E-state index in [1.54, 1.807) is 0 Å². The lowest BCUT2D eigenvalue weighted by Crippen LogP contribution is -2.41. The van der Waals surface area contributed by atoms with Crippen molar-refractivity contribution in [3.05, 3.63) is 0 Å². The van der Waals surface area contributed by atoms with Crippen molar-refractivity contribution < 1.29 is 19.5 Å². The Kier molecular flexibility index (Phi) is 3.79. The number of hydrogen-bond donors (Lipinski definition) is 2. The maximum absolute atomic E-state index is 11.2. The highest BCUT2D eigenvalue weighted by Crippen LogP contribution is 2.10. The van der Waals surface area contributed by atoms with E-state index in [1.807, 2.05) is 0 Å². The molecule has 15 heavy (non-hydrogen) atoms. The molecule has 2 N–H and O–H groups in total. The fraction of sp³-hybridized carbons (Fsp3) is 0.667. The second kappa shape index (κ2) is 4.88. The predicted octanol–water partition coefficient (Wildman–Crippen LogP) is -0.802. The van der Waals surface area contributed by atoms with E-state index in [1.165, 1.54) is 11.8 Å². The SMILES string of the molecule is C[C@H](NCCN1C(=O)CCC1=O)C(=O)O. The van der Waals surface area contributed by atoms with Crippen LogP contribution in [0.5, 0.6) is 0 Å². The molecule has 0 aromatic rings. The maximum atomic E-state index is 11.2. The minimum absolute atomic E-state index is 0.176. The smallest absolute Gasteiger partial charge is 0.320 e. The average Bonchev–Trinajstić information content (AvgIpc) is 2.48. The van der Waals surface area contributed by atoms with Gasteiger partial charge >= 0.3 is 5.97 Å². The standard InChI is InChI=1S/C9H14N2O4/c1-6(9(14)15)10-4-5-11-7(12)2-3-8(11)13/h6,10H,2-5H2,1H3,(H,14,15)/t6-/m0/s1. The second-order valence-corrected chi connectivity index (χ2v) is 3.45. The lowest BCUT2D eigenvalue weighted by atomic mass is 10.3. The number of rotatable bonds is 5. The zero-order chi connectivity index (χ0) is 11.4. The Bertz CT molecular complexity index is 274. The Balaban J connectivity index is 2.28. The Morgan fingerprint density at radius 2 is 2.00 bits per heavy atom. The highest BCUT2D eigenvalue weighted by molar-refractivity contribution is 6.01. The molecule has 1 rings (SSSR count). The van der Waals surface area contributed by atoms with Crippen molar-refractivity contribution >= 4 is 17.8 Å². The molecule has 0 aromatic carbocycles. The minimum atomic E-state index is -0.950. The summed E-state index contributed by atoms with van der Waals surface area (Å²) in [6.07, 6.45) is 0.542. The molecule has 6 nitrogen and oxygen atoms in total. The first kappa shape index (κ1) is 11.6. The maximum Gasteiger partial charge on any atom is 0.320 e. The molecule has 84 valence electrons. The van der Waals surface area contributed by atoms with Crippen LogP contribution in [0, 0.1) is 0 Å². The van der Waals surface area contributed by atoms with Gasteiger partial charge in [0.25, 0.3) is 0 Å². The molecule has 0 aliphatic carbocycles. The highest BCUT2D eigenvalue weighted by Gasteiger charge is 2.28. The molecule has 0 unspecified atom stereocenters. The molecular weight excluding hydrogens is 200 g/mol. The van der Waals surface area contributed by atoms with Crippen molar-refractivity contribution in [2.24, 2.45) is 0 Å². The first-order valence-electron chi connectivity index (χ1n) is 4.81. The van der Waals surface area contributed by atoms with Crippen molar-refractivity contribution in [2.45, 2.75) is 25.8 Å². The summed E-state index contributed by atoms with van der Waals surface area (Å²) in [4.78, 5) is 33.9. The fourth-order valence-electron chi connectivity index (χ4n) is 1.35. The minimum Gasteiger partial charge on any atom is -0.480 e. The number of carbonyl (C=O) groups is 3. The molecule has 6 heteroatoms. The summed E-state index contributed by atoms with van der Waals surface area (Å²) in [5.41, 5.74) is 0. The molecule has 1 aliphatic rings. The molecule has 0 aromatic heterocycles. The van der Waals surface area contributed by atoms with E-state index in [9.17, 15) is 14.4 Å². The van der Waals surface area contributed by atoms with E-state index in [2.05, 4.69) is 5.32 Å². The van der Waals surface area contributed by atoms with E-state index in [0.29, 0.717) is 6.54 Å². The van der Waals surface area contributed by atoms with Crippen molar-refractivity contribution in [1.29, 1.82) is 0 Å². The van der Waals surface area contributed by atoms with Crippen molar-refractivity contribution in [3.8, 4) is 0 Å². The number of likely N-dealkylation sites (tertiary alicyclic amines) is 1. The zero-order valence-corrected chi connectivity index (χ0v) is 8.52. The van der Waals surface area contributed by atoms with Gasteiger partial charge < -0.3 is 10.4 Å². The second-order valence-electron chi connectivity index (χ2n) is 3.45. The van der Waals surface area contributed by atoms with Crippen molar-refractivity contribution in [3.63, 3.8) is 0 Å². The summed E-state index contributed by atoms with van der Waals surface area (Å²) in [6, 6.07) is -0.669. The van der Waals surface area contributed by atoms with E-state index >= 15 is 0 Å². The Morgan fingerprint density at radius 3 is 2.47 bits per heavy atom. The molecule has 0 bridgehead atoms. The molecule has 1 heterocycles. The highest BCUT2D eigenvalue weighted by atomic mass is 16.4. The number of hydrogen-bond acceptors (Lipinski definition) is 4. The molecule has 1 fully saturated rings. The van der Waals surface area contributed by atoms with Crippen LogP contribution in [0.3, 0.4) is 0 Å². The summed E-state index contributed by atoms with van der Waals surface area (Å²) in [6.45, 7) is 2.07. The first-order chi connectivity index (χ1) is 7.02. The van der Waals surface area contributed by atoms with Gasteiger partial charge in [-0.1, -0.05) is 0 Å². The molecule has 0 spiro atoms. The number of nitrogens with one attached hydrogen (secondary N) is 1. The first-order valence-corrected chi connectivity index (χ1v) is 4.81. The molecule has 0 saturated carbocycles. The van der Waals surface area contributed by atoms with Crippen LogP contribution >= 0.6 is 0 Å². The van der Waals surface area contributed by atoms with Crippen molar-refractivity contribution in [2.75, 3.05) is 13.1 Å². The molecule has 1 atom stereocenters. The van der Waals surface area contributed by atoms with E-state index in [4.69, 9.17) is 5.11 Å². The number of imide groups is 1. The van der Waals surface area contributed by atoms with Crippen LogP contribution in [0.1, 0.15) is 19.8 Å². The summed E-state index contributed by atoms with van der Waals surface area (Å²) in [5, 5.41) is 11.3. The number of nitrogens with zero attached hydrogens (tertiary/aromatic N) is 1. The summed E-state index contributed by atoms with van der Waals surface area (Å²) < 4.78 is 0. The molecular formula is C9H14N2O4. The lowest BCUT2D eigenvalue weighted by Gasteiger charge is -2.15. The van der Waals surface area contributed by atoms with E-state index in [-0.39, 0.29) is 31.2 Å². The largest absolute Gasteiger partial charge is 0.480 e. The molecule has 1 aliphatic heterocycles. The molecule has 0 radical (unpaired) electrons. The van der Waals surface area contributed by atoms with Crippen LogP contribution in [0.4, 0.5) is 0 Å². The fourth-order valence-corrected chi connectivity index (χ4v) is 1.35. The Hall–Kier alpha value is -1.43. The van der Waals surface area contributed by atoms with Gasteiger partial charge in [0.05, 0.1) is 0 Å². The normalized spacial score (nSPS) is 18.3. The average molecular weight is 214 g/mol. The summed E-state index contributed by atoms with van der Waals surface area (Å²) in [5.74, 6) is -1.30. The van der Waals surface area contributed by atoms with Gasteiger partial charge in [0.1, 0.15) is 6.04 Å². The topological polar surface area (TPSA) is 86.7 Å². The van der Waals surface area contributed by atoms with Crippen LogP contribution < -0.4 is 5.32 Å². The van der Waals surface area contributed by atoms with E-state index in [0.717, 1.165) is 0 Å². The number of carboxylic acids is 1. The Morgan fingerprint density at radius 1 is 1.47 bits per heavy atom. The number of carbonyl (C=O) groups excluding carboxylic acids is 2. The van der Waals surface area contributed by atoms with E-state index < -0.39 is 12.0 Å². The van der Waals surface area contributed by atoms with Crippen LogP contribution in [-0.4, -0.2) is 46.9 Å². The number of aliphatic carboxylic acids is 1. The predicted molar refractivity (Wildman–Crippen MR) is 51.1 cm³/mol. The molecule has 2 amide bonds. The van der Waals surface area contributed by atoms with Gasteiger partial charge in [-0.3, -0.25) is 19.3 Å². The van der Waals surface area contributed by atoms with Gasteiger partial charge in [-0.05, 0) is 6.92 Å². The number of carboxylic acid groups (broad SMARTS) is 1. The van der Waals surface area contributed by atoms with Crippen molar-refractivity contribution in [1.82, 2.24) is 10.2 Å². The van der Waals surface area contributed by atoms with Crippen LogP contribution in [0.2, 0.25) is 0 Å². The molecule has 1 saturated heterocycles. The van der Waals surface area contributed by atoms with Gasteiger partial charge in [-0.2, -0.15) is 0 Å². The third kappa shape index (κ3) is 3.02. The van der Waals surface area contributed by atoms with Crippen LogP contribution in [0.25, 0.3) is 0 Å². The third-order valence-electron chi connectivity index (χ3n) is 2.31. The van der Waals surface area contributed by atoms with Gasteiger partial charge in [-0.15, -0.1) is 0 Å². The van der Waals surface area contributed by atoms with Gasteiger partial charge in [0.15, 0.2) is 0 Å². The van der Waals surface area contributed by atoms with Gasteiger partial charge in [-0.25, -0.2) is 0 Å².